The fourth-order valence-electron chi connectivity index (χ4n) is 2.10. The zero-order chi connectivity index (χ0) is 20.0. The highest BCUT2D eigenvalue weighted by atomic mass is 32.2. The van der Waals surface area contributed by atoms with Crippen molar-refractivity contribution in [2.45, 2.75) is 45.5 Å². The van der Waals surface area contributed by atoms with Crippen LogP contribution in [0.3, 0.4) is 0 Å². The van der Waals surface area contributed by atoms with Gasteiger partial charge >= 0.3 is 0 Å². The van der Waals surface area contributed by atoms with Crippen LogP contribution in [0.5, 0.6) is 5.75 Å². The minimum atomic E-state index is -3.58. The summed E-state index contributed by atoms with van der Waals surface area (Å²) >= 11 is 1.74. The van der Waals surface area contributed by atoms with E-state index in [0.717, 1.165) is 16.3 Å². The normalized spacial score (nSPS) is 12.1. The number of rotatable bonds is 9. The molecule has 1 amide bonds. The average molecular weight is 403 g/mol. The molecule has 0 fully saturated rings. The maximum absolute atomic E-state index is 12.2. The summed E-state index contributed by atoms with van der Waals surface area (Å²) in [7, 11) is -3.58. The molecule has 0 bridgehead atoms. The molecular weight excluding hydrogens is 372 g/mol. The van der Waals surface area contributed by atoms with Crippen LogP contribution < -0.4 is 14.4 Å². The van der Waals surface area contributed by atoms with Gasteiger partial charge in [-0.2, -0.15) is 11.8 Å². The monoisotopic (exact) mass is 402 g/mol. The van der Waals surface area contributed by atoms with E-state index in [4.69, 9.17) is 4.74 Å². The lowest BCUT2D eigenvalue weighted by Gasteiger charge is -2.22. The number of nitrogens with zero attached hydrogens (tertiary/aromatic N) is 1. The number of hydrogen-bond acceptors (Lipinski definition) is 5. The number of anilines is 1. The van der Waals surface area contributed by atoms with Gasteiger partial charge < -0.3 is 10.1 Å². The number of nitrogens with one attached hydrogen (secondary N) is 1. The molecule has 148 valence electrons. The van der Waals surface area contributed by atoms with Gasteiger partial charge in [-0.25, -0.2) is 8.42 Å². The molecule has 0 spiro atoms. The molecule has 0 saturated carbocycles. The van der Waals surface area contributed by atoms with Crippen molar-refractivity contribution in [3.05, 3.63) is 24.3 Å². The second kappa shape index (κ2) is 9.50. The van der Waals surface area contributed by atoms with E-state index in [-0.39, 0.29) is 23.3 Å². The van der Waals surface area contributed by atoms with Crippen molar-refractivity contribution in [1.29, 1.82) is 0 Å². The largest absolute Gasteiger partial charge is 0.491 e. The molecule has 1 rings (SSSR count). The molecule has 0 saturated heterocycles. The fraction of sp³-hybridized carbons (Fsp3) is 0.611. The van der Waals surface area contributed by atoms with Gasteiger partial charge in [0.25, 0.3) is 0 Å². The van der Waals surface area contributed by atoms with Crippen LogP contribution in [0.2, 0.25) is 0 Å². The first kappa shape index (κ1) is 22.6. The van der Waals surface area contributed by atoms with Gasteiger partial charge in [-0.15, -0.1) is 0 Å². The average Bonchev–Trinajstić information content (AvgIpc) is 2.48. The summed E-state index contributed by atoms with van der Waals surface area (Å²) in [6.07, 6.45) is 1.12. The highest BCUT2D eigenvalue weighted by Gasteiger charge is 2.21. The van der Waals surface area contributed by atoms with Gasteiger partial charge in [-0.3, -0.25) is 9.10 Å². The second-order valence-electron chi connectivity index (χ2n) is 7.24. The summed E-state index contributed by atoms with van der Waals surface area (Å²) in [5.74, 6) is 1.10. The van der Waals surface area contributed by atoms with Crippen LogP contribution in [-0.2, 0) is 14.8 Å². The third kappa shape index (κ3) is 8.80. The van der Waals surface area contributed by atoms with Gasteiger partial charge in [0.2, 0.25) is 15.9 Å². The first-order chi connectivity index (χ1) is 11.9. The van der Waals surface area contributed by atoms with Crippen molar-refractivity contribution in [2.75, 3.05) is 29.4 Å². The van der Waals surface area contributed by atoms with E-state index in [1.54, 1.807) is 36.0 Å². The smallest absolute Gasteiger partial charge is 0.240 e. The van der Waals surface area contributed by atoms with Gasteiger partial charge in [-0.1, -0.05) is 20.8 Å². The number of benzene rings is 1. The van der Waals surface area contributed by atoms with E-state index < -0.39 is 10.0 Å². The SMILES string of the molecule is CC(C)Oc1ccc(N(CC(=O)NCCSC(C)(C)C)S(C)(=O)=O)cc1. The third-order valence-corrected chi connectivity index (χ3v) is 5.56. The first-order valence-corrected chi connectivity index (χ1v) is 11.4. The molecule has 8 heteroatoms. The van der Waals surface area contributed by atoms with Crippen LogP contribution in [0.1, 0.15) is 34.6 Å². The van der Waals surface area contributed by atoms with E-state index >= 15 is 0 Å². The van der Waals surface area contributed by atoms with Gasteiger partial charge in [0, 0.05) is 17.0 Å². The van der Waals surface area contributed by atoms with E-state index in [1.807, 2.05) is 13.8 Å². The summed E-state index contributed by atoms with van der Waals surface area (Å²) < 4.78 is 31.0. The minimum absolute atomic E-state index is 0.0311. The lowest BCUT2D eigenvalue weighted by Crippen LogP contribution is -2.41. The zero-order valence-corrected chi connectivity index (χ0v) is 18.0. The third-order valence-electron chi connectivity index (χ3n) is 3.14. The quantitative estimate of drug-likeness (QED) is 0.643. The molecule has 0 heterocycles. The van der Waals surface area contributed by atoms with E-state index in [1.165, 1.54) is 0 Å². The van der Waals surface area contributed by atoms with Crippen molar-refractivity contribution in [3.8, 4) is 5.75 Å². The van der Waals surface area contributed by atoms with Crippen LogP contribution in [0.15, 0.2) is 24.3 Å². The van der Waals surface area contributed by atoms with Crippen LogP contribution >= 0.6 is 11.8 Å². The summed E-state index contributed by atoms with van der Waals surface area (Å²) in [5, 5.41) is 2.77. The Balaban J connectivity index is 2.72. The number of thioether (sulfide) groups is 1. The minimum Gasteiger partial charge on any atom is -0.491 e. The Morgan fingerprint density at radius 3 is 2.27 bits per heavy atom. The Bertz CT molecular complexity index is 680. The summed E-state index contributed by atoms with van der Waals surface area (Å²) in [4.78, 5) is 12.2. The number of amides is 1. The van der Waals surface area contributed by atoms with Gasteiger partial charge in [0.05, 0.1) is 18.0 Å². The molecule has 0 aliphatic heterocycles. The van der Waals surface area contributed by atoms with Crippen LogP contribution in [0.4, 0.5) is 5.69 Å². The standard InChI is InChI=1S/C18H30N2O4S2/c1-14(2)24-16-9-7-15(8-10-16)20(26(6,22)23)13-17(21)19-11-12-25-18(3,4)5/h7-10,14H,11-13H2,1-6H3,(H,19,21). The Hall–Kier alpha value is -1.41. The zero-order valence-electron chi connectivity index (χ0n) is 16.4. The Morgan fingerprint density at radius 1 is 1.23 bits per heavy atom. The van der Waals surface area contributed by atoms with E-state index in [9.17, 15) is 13.2 Å². The summed E-state index contributed by atoms with van der Waals surface area (Å²) in [5.41, 5.74) is 0.433. The van der Waals surface area contributed by atoms with Crippen LogP contribution in [-0.4, -0.2) is 50.3 Å². The molecule has 0 aliphatic rings. The molecule has 1 aromatic rings. The van der Waals surface area contributed by atoms with Crippen molar-refractivity contribution in [2.24, 2.45) is 0 Å². The summed E-state index contributed by atoms with van der Waals surface area (Å²) in [6, 6.07) is 6.68. The number of carbonyl (C=O) groups excluding carboxylic acids is 1. The van der Waals surface area contributed by atoms with E-state index in [2.05, 4.69) is 26.1 Å². The maximum Gasteiger partial charge on any atom is 0.240 e. The Labute approximate surface area is 161 Å². The first-order valence-electron chi connectivity index (χ1n) is 8.53. The predicted molar refractivity (Wildman–Crippen MR) is 110 cm³/mol. The Kier molecular flexibility index (Phi) is 8.27. The van der Waals surface area contributed by atoms with Gasteiger partial charge in [-0.05, 0) is 38.1 Å². The van der Waals surface area contributed by atoms with Gasteiger partial charge in [0.15, 0.2) is 0 Å². The van der Waals surface area contributed by atoms with Crippen LogP contribution in [0, 0.1) is 0 Å². The molecule has 0 aromatic heterocycles. The molecule has 0 radical (unpaired) electrons. The molecule has 0 atom stereocenters. The number of hydrogen-bond donors (Lipinski definition) is 1. The predicted octanol–water partition coefficient (Wildman–Crippen LogP) is 2.89. The number of carbonyl (C=O) groups is 1. The molecule has 1 aromatic carbocycles. The maximum atomic E-state index is 12.2. The summed E-state index contributed by atoms with van der Waals surface area (Å²) in [6.45, 7) is 10.4. The fourth-order valence-corrected chi connectivity index (χ4v) is 3.77. The molecular formula is C18H30N2O4S2. The van der Waals surface area contributed by atoms with Crippen molar-refractivity contribution in [1.82, 2.24) is 5.32 Å². The highest BCUT2D eigenvalue weighted by molar-refractivity contribution is 8.00. The molecule has 1 N–H and O–H groups in total. The second-order valence-corrected chi connectivity index (χ2v) is 11.1. The lowest BCUT2D eigenvalue weighted by atomic mass is 10.3. The van der Waals surface area contributed by atoms with Crippen molar-refractivity contribution in [3.63, 3.8) is 0 Å². The Morgan fingerprint density at radius 2 is 1.81 bits per heavy atom. The number of sulfonamides is 1. The van der Waals surface area contributed by atoms with Crippen molar-refractivity contribution >= 4 is 33.4 Å². The molecule has 26 heavy (non-hydrogen) atoms. The topological polar surface area (TPSA) is 75.7 Å². The lowest BCUT2D eigenvalue weighted by molar-refractivity contribution is -0.119. The number of ether oxygens (including phenoxy) is 1. The van der Waals surface area contributed by atoms with Crippen molar-refractivity contribution < 1.29 is 17.9 Å². The molecule has 6 nitrogen and oxygen atoms in total. The highest BCUT2D eigenvalue weighted by Crippen LogP contribution is 2.23. The van der Waals surface area contributed by atoms with Crippen LogP contribution in [0.25, 0.3) is 0 Å². The molecule has 0 unspecified atom stereocenters. The van der Waals surface area contributed by atoms with Gasteiger partial charge in [0.1, 0.15) is 12.3 Å². The van der Waals surface area contributed by atoms with E-state index in [0.29, 0.717) is 18.0 Å². The molecule has 0 aliphatic carbocycles.